The Morgan fingerprint density at radius 3 is 2.92 bits per heavy atom. The summed E-state index contributed by atoms with van der Waals surface area (Å²) in [6.45, 7) is 2.14. The Bertz CT molecular complexity index is 276. The first kappa shape index (κ1) is 9.56. The zero-order chi connectivity index (χ0) is 9.26. The normalized spacial score (nSPS) is 24.9. The van der Waals surface area contributed by atoms with Gasteiger partial charge in [-0.1, -0.05) is 0 Å². The van der Waals surface area contributed by atoms with E-state index in [1.807, 2.05) is 23.1 Å². The first-order chi connectivity index (χ1) is 6.27. The zero-order valence-corrected chi connectivity index (χ0v) is 9.46. The second-order valence-electron chi connectivity index (χ2n) is 3.60. The minimum atomic E-state index is 0.286. The van der Waals surface area contributed by atoms with Gasteiger partial charge in [-0.05, 0) is 42.9 Å². The monoisotopic (exact) mass is 213 g/mol. The minimum Gasteiger partial charge on any atom is -0.323 e. The quantitative estimate of drug-likeness (QED) is 0.817. The summed E-state index contributed by atoms with van der Waals surface area (Å²) in [5.74, 6) is 3.25. The topological polar surface area (TPSA) is 26.0 Å². The summed E-state index contributed by atoms with van der Waals surface area (Å²) < 4.78 is 0. The highest BCUT2D eigenvalue weighted by Gasteiger charge is 2.24. The lowest BCUT2D eigenvalue weighted by Gasteiger charge is -2.16. The van der Waals surface area contributed by atoms with Gasteiger partial charge in [0.25, 0.3) is 0 Å². The zero-order valence-electron chi connectivity index (χ0n) is 7.82. The van der Waals surface area contributed by atoms with Gasteiger partial charge in [0.05, 0.1) is 0 Å². The number of hydrogen-bond donors (Lipinski definition) is 1. The van der Waals surface area contributed by atoms with Crippen LogP contribution in [0.1, 0.15) is 22.2 Å². The molecule has 72 valence electrons. The van der Waals surface area contributed by atoms with Crippen molar-refractivity contribution >= 4 is 23.1 Å². The van der Waals surface area contributed by atoms with Gasteiger partial charge in [-0.15, -0.1) is 11.3 Å². The molecule has 2 rings (SSSR count). The number of rotatable bonds is 2. The molecule has 1 nitrogen and oxygen atoms in total. The highest BCUT2D eigenvalue weighted by atomic mass is 32.2. The highest BCUT2D eigenvalue weighted by Crippen LogP contribution is 2.34. The SMILES string of the molecule is Cc1ccc(C(N)C2CCSC2)s1. The molecule has 0 bridgehead atoms. The van der Waals surface area contributed by atoms with E-state index in [1.54, 1.807) is 0 Å². The predicted octanol–water partition coefficient (Wildman–Crippen LogP) is 2.81. The van der Waals surface area contributed by atoms with Crippen LogP contribution in [0.3, 0.4) is 0 Å². The summed E-state index contributed by atoms with van der Waals surface area (Å²) in [7, 11) is 0. The Balaban J connectivity index is 2.07. The summed E-state index contributed by atoms with van der Waals surface area (Å²) in [6, 6.07) is 4.64. The third kappa shape index (κ3) is 2.09. The standard InChI is InChI=1S/C10H15NS2/c1-7-2-3-9(13-7)10(11)8-4-5-12-6-8/h2-3,8,10H,4-6,11H2,1H3. The van der Waals surface area contributed by atoms with E-state index in [-0.39, 0.29) is 6.04 Å². The molecule has 1 saturated heterocycles. The van der Waals surface area contributed by atoms with Crippen molar-refractivity contribution in [1.82, 2.24) is 0 Å². The second-order valence-corrected chi connectivity index (χ2v) is 6.07. The third-order valence-corrected chi connectivity index (χ3v) is 4.85. The Labute approximate surface area is 87.7 Å². The van der Waals surface area contributed by atoms with Crippen LogP contribution in [0.15, 0.2) is 12.1 Å². The lowest BCUT2D eigenvalue weighted by atomic mass is 9.99. The van der Waals surface area contributed by atoms with Crippen LogP contribution < -0.4 is 5.73 Å². The summed E-state index contributed by atoms with van der Waals surface area (Å²) in [6.07, 6.45) is 1.29. The van der Waals surface area contributed by atoms with Crippen molar-refractivity contribution in [2.75, 3.05) is 11.5 Å². The van der Waals surface area contributed by atoms with Gasteiger partial charge in [0, 0.05) is 15.8 Å². The van der Waals surface area contributed by atoms with Crippen molar-refractivity contribution in [1.29, 1.82) is 0 Å². The molecular weight excluding hydrogens is 198 g/mol. The van der Waals surface area contributed by atoms with Crippen LogP contribution in [-0.4, -0.2) is 11.5 Å². The van der Waals surface area contributed by atoms with Crippen LogP contribution in [0, 0.1) is 12.8 Å². The third-order valence-electron chi connectivity index (χ3n) is 2.56. The van der Waals surface area contributed by atoms with Gasteiger partial charge in [-0.2, -0.15) is 11.8 Å². The molecule has 0 spiro atoms. The molecule has 0 saturated carbocycles. The van der Waals surface area contributed by atoms with Crippen LogP contribution >= 0.6 is 23.1 Å². The van der Waals surface area contributed by atoms with Crippen molar-refractivity contribution in [2.24, 2.45) is 11.7 Å². The number of aryl methyl sites for hydroxylation is 1. The van der Waals surface area contributed by atoms with Gasteiger partial charge < -0.3 is 5.73 Å². The number of hydrogen-bond acceptors (Lipinski definition) is 3. The maximum atomic E-state index is 6.21. The summed E-state index contributed by atoms with van der Waals surface area (Å²) >= 11 is 3.89. The fourth-order valence-electron chi connectivity index (χ4n) is 1.70. The van der Waals surface area contributed by atoms with E-state index in [4.69, 9.17) is 5.73 Å². The highest BCUT2D eigenvalue weighted by molar-refractivity contribution is 7.99. The molecular formula is C10H15NS2. The number of thiophene rings is 1. The van der Waals surface area contributed by atoms with Crippen molar-refractivity contribution in [3.63, 3.8) is 0 Å². The molecule has 1 aliphatic heterocycles. The molecule has 1 aliphatic rings. The maximum absolute atomic E-state index is 6.21. The Hall–Kier alpha value is 0.01000. The average Bonchev–Trinajstić information content (AvgIpc) is 2.72. The van der Waals surface area contributed by atoms with Gasteiger partial charge in [0.1, 0.15) is 0 Å². The molecule has 1 aromatic heterocycles. The van der Waals surface area contributed by atoms with Crippen molar-refractivity contribution in [2.45, 2.75) is 19.4 Å². The molecule has 2 heterocycles. The molecule has 2 unspecified atom stereocenters. The van der Waals surface area contributed by atoms with E-state index in [1.165, 1.54) is 27.7 Å². The number of nitrogens with two attached hydrogens (primary N) is 1. The largest absolute Gasteiger partial charge is 0.323 e. The molecule has 3 heteroatoms. The molecule has 0 amide bonds. The Morgan fingerprint density at radius 1 is 1.54 bits per heavy atom. The number of thioether (sulfide) groups is 1. The van der Waals surface area contributed by atoms with Gasteiger partial charge in [0.2, 0.25) is 0 Å². The van der Waals surface area contributed by atoms with E-state index >= 15 is 0 Å². The summed E-state index contributed by atoms with van der Waals surface area (Å²) in [5.41, 5.74) is 6.21. The van der Waals surface area contributed by atoms with E-state index < -0.39 is 0 Å². The predicted molar refractivity (Wildman–Crippen MR) is 61.4 cm³/mol. The van der Waals surface area contributed by atoms with E-state index in [9.17, 15) is 0 Å². The van der Waals surface area contributed by atoms with E-state index in [0.29, 0.717) is 5.92 Å². The van der Waals surface area contributed by atoms with Crippen LogP contribution in [-0.2, 0) is 0 Å². The lowest BCUT2D eigenvalue weighted by Crippen LogP contribution is -2.19. The molecule has 13 heavy (non-hydrogen) atoms. The van der Waals surface area contributed by atoms with Crippen molar-refractivity contribution < 1.29 is 0 Å². The van der Waals surface area contributed by atoms with Gasteiger partial charge in [0.15, 0.2) is 0 Å². The van der Waals surface area contributed by atoms with Crippen LogP contribution in [0.25, 0.3) is 0 Å². The van der Waals surface area contributed by atoms with E-state index in [2.05, 4.69) is 19.1 Å². The first-order valence-corrected chi connectivity index (χ1v) is 6.64. The lowest BCUT2D eigenvalue weighted by molar-refractivity contribution is 0.488. The van der Waals surface area contributed by atoms with E-state index in [0.717, 1.165) is 0 Å². The molecule has 0 radical (unpaired) electrons. The Kier molecular flexibility index (Phi) is 2.96. The maximum Gasteiger partial charge on any atom is 0.0426 e. The molecule has 1 aromatic rings. The second kappa shape index (κ2) is 4.03. The van der Waals surface area contributed by atoms with Gasteiger partial charge in [-0.3, -0.25) is 0 Å². The van der Waals surface area contributed by atoms with Gasteiger partial charge >= 0.3 is 0 Å². The molecule has 0 aliphatic carbocycles. The average molecular weight is 213 g/mol. The molecule has 1 fully saturated rings. The minimum absolute atomic E-state index is 0.286. The van der Waals surface area contributed by atoms with Crippen LogP contribution in [0.2, 0.25) is 0 Å². The fraction of sp³-hybridized carbons (Fsp3) is 0.600. The molecule has 2 N–H and O–H groups in total. The molecule has 0 aromatic carbocycles. The van der Waals surface area contributed by atoms with Crippen molar-refractivity contribution in [3.05, 3.63) is 21.9 Å². The van der Waals surface area contributed by atoms with Crippen LogP contribution in [0.4, 0.5) is 0 Å². The fourth-order valence-corrected chi connectivity index (χ4v) is 3.99. The summed E-state index contributed by atoms with van der Waals surface area (Å²) in [5, 5.41) is 0. The van der Waals surface area contributed by atoms with Gasteiger partial charge in [-0.25, -0.2) is 0 Å². The summed E-state index contributed by atoms with van der Waals surface area (Å²) in [4.78, 5) is 2.74. The smallest absolute Gasteiger partial charge is 0.0426 e. The van der Waals surface area contributed by atoms with Crippen LogP contribution in [0.5, 0.6) is 0 Å². The molecule has 2 atom stereocenters. The first-order valence-electron chi connectivity index (χ1n) is 4.67. The Morgan fingerprint density at radius 2 is 2.38 bits per heavy atom. The van der Waals surface area contributed by atoms with Crippen molar-refractivity contribution in [3.8, 4) is 0 Å².